The van der Waals surface area contributed by atoms with Crippen LogP contribution in [-0.2, 0) is 10.5 Å². The Morgan fingerprint density at radius 2 is 1.97 bits per heavy atom. The number of carbonyl (C=O) groups excluding carboxylic acids is 2. The number of phenols is 1. The number of nitrogens with zero attached hydrogens (tertiary/aromatic N) is 2. The van der Waals surface area contributed by atoms with Gasteiger partial charge in [-0.05, 0) is 42.0 Å². The van der Waals surface area contributed by atoms with Crippen molar-refractivity contribution in [1.29, 1.82) is 0 Å². The van der Waals surface area contributed by atoms with Crippen LogP contribution in [0.25, 0.3) is 10.8 Å². The van der Waals surface area contributed by atoms with Crippen LogP contribution >= 0.6 is 23.1 Å². The van der Waals surface area contributed by atoms with E-state index in [1.54, 1.807) is 18.2 Å². The lowest BCUT2D eigenvalue weighted by molar-refractivity contribution is -0.131. The maximum atomic E-state index is 12.7. The first kappa shape index (κ1) is 25.5. The molecule has 0 aliphatic carbocycles. The quantitative estimate of drug-likeness (QED) is 0.328. The fourth-order valence-electron chi connectivity index (χ4n) is 4.19. The number of benzene rings is 2. The number of thioether (sulfide) groups is 1. The second kappa shape index (κ2) is 11.9. The number of carbonyl (C=O) groups is 2. The van der Waals surface area contributed by atoms with E-state index in [1.807, 2.05) is 29.2 Å². The van der Waals surface area contributed by atoms with Crippen LogP contribution in [0.3, 0.4) is 0 Å². The lowest BCUT2D eigenvalue weighted by Crippen LogP contribution is -2.50. The normalized spacial score (nSPS) is 15.7. The van der Waals surface area contributed by atoms with Crippen molar-refractivity contribution in [1.82, 2.24) is 15.1 Å². The van der Waals surface area contributed by atoms with Crippen molar-refractivity contribution in [2.45, 2.75) is 25.0 Å². The summed E-state index contributed by atoms with van der Waals surface area (Å²) in [5.74, 6) is 0.510. The molecule has 35 heavy (non-hydrogen) atoms. The van der Waals surface area contributed by atoms with Crippen LogP contribution in [0.2, 0.25) is 0 Å². The van der Waals surface area contributed by atoms with Gasteiger partial charge in [0, 0.05) is 62.2 Å². The summed E-state index contributed by atoms with van der Waals surface area (Å²) in [6.07, 6.45) is 0. The maximum Gasteiger partial charge on any atom is 0.308 e. The third-order valence-corrected chi connectivity index (χ3v) is 8.45. The summed E-state index contributed by atoms with van der Waals surface area (Å²) in [4.78, 5) is 30.4. The molecule has 9 heteroatoms. The standard InChI is InChI=1S/C26H31N3O4S2/c1-18(35-17-21-6-4-14-34-21)29-12-10-28(11-13-29)9-8-27-26(32)23-15-20-5-3-7-25(33-19(2)30)22(20)16-24(23)31/h3-7,14-16,18,31H,8-13,17H2,1-2H3,(H,27,32). The Balaban J connectivity index is 1.24. The lowest BCUT2D eigenvalue weighted by Gasteiger charge is -2.37. The second-order valence-electron chi connectivity index (χ2n) is 8.56. The fourth-order valence-corrected chi connectivity index (χ4v) is 6.08. The summed E-state index contributed by atoms with van der Waals surface area (Å²) in [5, 5.41) is 17.3. The number of hydrogen-bond acceptors (Lipinski definition) is 8. The van der Waals surface area contributed by atoms with E-state index in [9.17, 15) is 14.7 Å². The molecule has 1 atom stereocenters. The van der Waals surface area contributed by atoms with Crippen LogP contribution in [0.5, 0.6) is 11.5 Å². The molecule has 1 fully saturated rings. The molecule has 4 rings (SSSR count). The Morgan fingerprint density at radius 3 is 2.69 bits per heavy atom. The number of thiophene rings is 1. The van der Waals surface area contributed by atoms with Gasteiger partial charge in [-0.2, -0.15) is 0 Å². The minimum absolute atomic E-state index is 0.141. The summed E-state index contributed by atoms with van der Waals surface area (Å²) in [7, 11) is 0. The van der Waals surface area contributed by atoms with Crippen LogP contribution in [-0.4, -0.2) is 71.4 Å². The molecule has 0 radical (unpaired) electrons. The largest absolute Gasteiger partial charge is 0.507 e. The van der Waals surface area contributed by atoms with E-state index in [4.69, 9.17) is 4.74 Å². The Bertz CT molecular complexity index is 1160. The Morgan fingerprint density at radius 1 is 1.17 bits per heavy atom. The molecule has 0 bridgehead atoms. The number of fused-ring (bicyclic) bond motifs is 1. The molecule has 1 saturated heterocycles. The van der Waals surface area contributed by atoms with Crippen LogP contribution in [0.1, 0.15) is 29.1 Å². The van der Waals surface area contributed by atoms with Gasteiger partial charge in [-0.3, -0.25) is 19.4 Å². The molecule has 0 saturated carbocycles. The van der Waals surface area contributed by atoms with E-state index in [0.717, 1.165) is 38.5 Å². The minimum Gasteiger partial charge on any atom is -0.507 e. The molecule has 2 N–H and O–H groups in total. The third kappa shape index (κ3) is 6.76. The number of aromatic hydroxyl groups is 1. The van der Waals surface area contributed by atoms with Gasteiger partial charge in [-0.15, -0.1) is 23.1 Å². The summed E-state index contributed by atoms with van der Waals surface area (Å²) in [6, 6.07) is 12.6. The number of piperazine rings is 1. The zero-order chi connectivity index (χ0) is 24.8. The van der Waals surface area contributed by atoms with Gasteiger partial charge in [0.05, 0.1) is 10.9 Å². The number of rotatable bonds is 9. The summed E-state index contributed by atoms with van der Waals surface area (Å²) < 4.78 is 5.21. The molecule has 7 nitrogen and oxygen atoms in total. The first-order valence-electron chi connectivity index (χ1n) is 11.7. The van der Waals surface area contributed by atoms with Gasteiger partial charge in [-0.1, -0.05) is 18.2 Å². The van der Waals surface area contributed by atoms with Crippen LogP contribution in [0.15, 0.2) is 47.8 Å². The molecule has 2 aromatic carbocycles. The smallest absolute Gasteiger partial charge is 0.308 e. The van der Waals surface area contributed by atoms with Gasteiger partial charge < -0.3 is 15.2 Å². The van der Waals surface area contributed by atoms with Crippen molar-refractivity contribution >= 4 is 45.7 Å². The Hall–Kier alpha value is -2.59. The number of amides is 1. The lowest BCUT2D eigenvalue weighted by atomic mass is 10.0. The minimum atomic E-state index is -0.439. The summed E-state index contributed by atoms with van der Waals surface area (Å²) >= 11 is 3.79. The summed E-state index contributed by atoms with van der Waals surface area (Å²) in [6.45, 7) is 8.85. The highest BCUT2D eigenvalue weighted by Gasteiger charge is 2.22. The number of nitrogens with one attached hydrogen (secondary N) is 1. The number of hydrogen-bond donors (Lipinski definition) is 2. The monoisotopic (exact) mass is 513 g/mol. The van der Waals surface area contributed by atoms with Gasteiger partial charge in [0.1, 0.15) is 11.5 Å². The van der Waals surface area contributed by atoms with Crippen molar-refractivity contribution in [2.75, 3.05) is 39.3 Å². The molecule has 1 unspecified atom stereocenters. The molecule has 3 aromatic rings. The van der Waals surface area contributed by atoms with Gasteiger partial charge in [0.25, 0.3) is 5.91 Å². The SMILES string of the molecule is CC(=O)Oc1cccc2cc(C(=O)NCCN3CCN(C(C)SCc4cccs4)CC3)c(O)cc12. The van der Waals surface area contributed by atoms with Crippen LogP contribution < -0.4 is 10.1 Å². The van der Waals surface area contributed by atoms with E-state index < -0.39 is 5.97 Å². The molecular weight excluding hydrogens is 482 g/mol. The third-order valence-electron chi connectivity index (χ3n) is 6.14. The van der Waals surface area contributed by atoms with Gasteiger partial charge >= 0.3 is 5.97 Å². The highest BCUT2D eigenvalue weighted by atomic mass is 32.2. The van der Waals surface area contributed by atoms with E-state index >= 15 is 0 Å². The molecule has 1 aromatic heterocycles. The van der Waals surface area contributed by atoms with Crippen LogP contribution in [0, 0.1) is 0 Å². The number of phenolic OH excluding ortho intramolecular Hbond substituents is 1. The highest BCUT2D eigenvalue weighted by molar-refractivity contribution is 7.99. The average molecular weight is 514 g/mol. The molecule has 1 aliphatic rings. The maximum absolute atomic E-state index is 12.7. The highest BCUT2D eigenvalue weighted by Crippen LogP contribution is 2.31. The molecular formula is C26H31N3O4S2. The average Bonchev–Trinajstić information content (AvgIpc) is 3.36. The first-order chi connectivity index (χ1) is 16.9. The first-order valence-corrected chi connectivity index (χ1v) is 13.7. The molecule has 1 amide bonds. The predicted molar refractivity (Wildman–Crippen MR) is 142 cm³/mol. The van der Waals surface area contributed by atoms with Crippen molar-refractivity contribution < 1.29 is 19.4 Å². The predicted octanol–water partition coefficient (Wildman–Crippen LogP) is 4.16. The summed E-state index contributed by atoms with van der Waals surface area (Å²) in [5.41, 5.74) is 0.207. The van der Waals surface area contributed by atoms with E-state index in [-0.39, 0.29) is 17.2 Å². The van der Waals surface area contributed by atoms with E-state index in [2.05, 4.69) is 39.6 Å². The van der Waals surface area contributed by atoms with Gasteiger partial charge in [0.15, 0.2) is 0 Å². The molecule has 0 spiro atoms. The van der Waals surface area contributed by atoms with Gasteiger partial charge in [0.2, 0.25) is 0 Å². The Labute approximate surface area is 214 Å². The zero-order valence-corrected chi connectivity index (χ0v) is 21.7. The topological polar surface area (TPSA) is 82.1 Å². The number of ether oxygens (including phenoxy) is 1. The van der Waals surface area contributed by atoms with Crippen molar-refractivity contribution in [3.05, 3.63) is 58.3 Å². The molecule has 2 heterocycles. The van der Waals surface area contributed by atoms with Crippen molar-refractivity contribution in [2.24, 2.45) is 0 Å². The van der Waals surface area contributed by atoms with Crippen molar-refractivity contribution in [3.8, 4) is 11.5 Å². The Kier molecular flexibility index (Phi) is 8.67. The number of esters is 1. The zero-order valence-electron chi connectivity index (χ0n) is 20.0. The molecule has 1 aliphatic heterocycles. The van der Waals surface area contributed by atoms with E-state index in [1.165, 1.54) is 17.9 Å². The fraction of sp³-hybridized carbons (Fsp3) is 0.385. The van der Waals surface area contributed by atoms with E-state index in [0.29, 0.717) is 28.4 Å². The van der Waals surface area contributed by atoms with Gasteiger partial charge in [-0.25, -0.2) is 0 Å². The van der Waals surface area contributed by atoms with Crippen LogP contribution in [0.4, 0.5) is 0 Å². The second-order valence-corrected chi connectivity index (χ2v) is 10.9. The van der Waals surface area contributed by atoms with Crippen molar-refractivity contribution in [3.63, 3.8) is 0 Å². The molecule has 186 valence electrons.